The number of hydrogen-bond acceptors (Lipinski definition) is 1. The minimum Gasteiger partial charge on any atom is -0.281 e. The van der Waals surface area contributed by atoms with E-state index in [9.17, 15) is 4.79 Å². The minimum absolute atomic E-state index is 0.350. The fourth-order valence-corrected chi connectivity index (χ4v) is 3.56. The van der Waals surface area contributed by atoms with E-state index in [0.29, 0.717) is 10.0 Å². The van der Waals surface area contributed by atoms with Crippen molar-refractivity contribution in [2.45, 2.75) is 10.3 Å². The molecule has 16 heavy (non-hydrogen) atoms. The molecule has 0 spiro atoms. The first-order valence-electron chi connectivity index (χ1n) is 4.37. The molecule has 0 amide bonds. The van der Waals surface area contributed by atoms with Gasteiger partial charge in [-0.15, -0.1) is 23.2 Å². The van der Waals surface area contributed by atoms with Crippen LogP contribution in [-0.2, 0) is 4.79 Å². The predicted octanol–water partition coefficient (Wildman–Crippen LogP) is 4.65. The van der Waals surface area contributed by atoms with Gasteiger partial charge in [0.2, 0.25) is 5.24 Å². The molecule has 1 aliphatic carbocycles. The zero-order valence-corrected chi connectivity index (χ0v) is 11.5. The first kappa shape index (κ1) is 12.8. The highest BCUT2D eigenvalue weighted by atomic mass is 35.5. The quantitative estimate of drug-likeness (QED) is 0.573. The van der Waals surface area contributed by atoms with Crippen LogP contribution in [0.4, 0.5) is 0 Å². The Hall–Kier alpha value is 0.340. The normalized spacial score (nSPS) is 26.6. The summed E-state index contributed by atoms with van der Waals surface area (Å²) in [7, 11) is 0. The largest absolute Gasteiger partial charge is 0.281 e. The van der Waals surface area contributed by atoms with Crippen LogP contribution in [0, 0.1) is 5.92 Å². The van der Waals surface area contributed by atoms with Crippen LogP contribution in [0.15, 0.2) is 18.2 Å². The van der Waals surface area contributed by atoms with Gasteiger partial charge < -0.3 is 0 Å². The van der Waals surface area contributed by atoms with Crippen molar-refractivity contribution < 1.29 is 4.79 Å². The molecule has 0 saturated heterocycles. The lowest BCUT2D eigenvalue weighted by Crippen LogP contribution is -1.96. The smallest absolute Gasteiger partial charge is 0.228 e. The Bertz CT molecular complexity index is 436. The second kappa shape index (κ2) is 4.22. The molecule has 1 aromatic carbocycles. The summed E-state index contributed by atoms with van der Waals surface area (Å²) in [5.41, 5.74) is 0.724. The van der Waals surface area contributed by atoms with Gasteiger partial charge in [-0.2, -0.15) is 0 Å². The van der Waals surface area contributed by atoms with Gasteiger partial charge in [-0.3, -0.25) is 4.79 Å². The summed E-state index contributed by atoms with van der Waals surface area (Å²) in [6.45, 7) is 0. The lowest BCUT2D eigenvalue weighted by molar-refractivity contribution is -0.112. The molecule has 1 aliphatic rings. The molecule has 2 rings (SSSR count). The third kappa shape index (κ3) is 2.16. The molecule has 1 nitrogen and oxygen atoms in total. The number of carbonyl (C=O) groups excluding carboxylic acids is 1. The van der Waals surface area contributed by atoms with Gasteiger partial charge in [0.1, 0.15) is 4.33 Å². The van der Waals surface area contributed by atoms with E-state index < -0.39 is 15.5 Å². The molecule has 0 aromatic heterocycles. The van der Waals surface area contributed by atoms with Crippen molar-refractivity contribution in [2.75, 3.05) is 0 Å². The van der Waals surface area contributed by atoms with Gasteiger partial charge in [0.25, 0.3) is 0 Å². The van der Waals surface area contributed by atoms with Crippen molar-refractivity contribution in [3.8, 4) is 0 Å². The van der Waals surface area contributed by atoms with Gasteiger partial charge in [0.15, 0.2) is 0 Å². The van der Waals surface area contributed by atoms with Crippen molar-refractivity contribution in [1.82, 2.24) is 0 Å². The van der Waals surface area contributed by atoms with E-state index in [0.717, 1.165) is 5.56 Å². The van der Waals surface area contributed by atoms with Gasteiger partial charge in [0, 0.05) is 16.0 Å². The van der Waals surface area contributed by atoms with E-state index >= 15 is 0 Å². The number of halogens is 5. The maximum Gasteiger partial charge on any atom is 0.228 e. The first-order valence-corrected chi connectivity index (χ1v) is 6.26. The van der Waals surface area contributed by atoms with Gasteiger partial charge >= 0.3 is 0 Å². The molecule has 0 bridgehead atoms. The Morgan fingerprint density at radius 3 is 2.00 bits per heavy atom. The zero-order valence-electron chi connectivity index (χ0n) is 7.68. The molecule has 1 fully saturated rings. The monoisotopic (exact) mass is 316 g/mol. The third-order valence-corrected chi connectivity index (χ3v) is 4.15. The fourth-order valence-electron chi connectivity index (χ4n) is 1.78. The van der Waals surface area contributed by atoms with Crippen LogP contribution in [-0.4, -0.2) is 9.58 Å². The summed E-state index contributed by atoms with van der Waals surface area (Å²) in [5, 5.41) is 0.393. The molecule has 0 N–H and O–H groups in total. The van der Waals surface area contributed by atoms with E-state index in [1.165, 1.54) is 0 Å². The Morgan fingerprint density at radius 2 is 1.62 bits per heavy atom. The van der Waals surface area contributed by atoms with Crippen LogP contribution in [0.3, 0.4) is 0 Å². The summed E-state index contributed by atoms with van der Waals surface area (Å²) in [5.74, 6) is -0.955. The summed E-state index contributed by atoms with van der Waals surface area (Å²) >= 11 is 29.1. The van der Waals surface area contributed by atoms with Gasteiger partial charge in [-0.05, 0) is 35.4 Å². The number of carbonyl (C=O) groups is 1. The summed E-state index contributed by atoms with van der Waals surface area (Å²) in [4.78, 5) is 11.1. The van der Waals surface area contributed by atoms with Crippen LogP contribution in [0.25, 0.3) is 0 Å². The minimum atomic E-state index is -1.16. The van der Waals surface area contributed by atoms with Crippen LogP contribution >= 0.6 is 58.0 Å². The molecule has 6 heteroatoms. The Balaban J connectivity index is 2.37. The van der Waals surface area contributed by atoms with Crippen LogP contribution in [0.5, 0.6) is 0 Å². The zero-order chi connectivity index (χ0) is 12.1. The summed E-state index contributed by atoms with van der Waals surface area (Å²) in [6.07, 6.45) is 0. The lowest BCUT2D eigenvalue weighted by atomic mass is 10.1. The van der Waals surface area contributed by atoms with Gasteiger partial charge in [-0.1, -0.05) is 23.2 Å². The lowest BCUT2D eigenvalue weighted by Gasteiger charge is -2.02. The number of benzene rings is 1. The number of hydrogen-bond donors (Lipinski definition) is 0. The van der Waals surface area contributed by atoms with E-state index in [1.807, 2.05) is 0 Å². The molecule has 1 saturated carbocycles. The molecular weight excluding hydrogens is 313 g/mol. The average Bonchev–Trinajstić information content (AvgIpc) is 2.67. The molecule has 1 aromatic rings. The first-order chi connectivity index (χ1) is 7.34. The van der Waals surface area contributed by atoms with Crippen LogP contribution < -0.4 is 0 Å². The molecular formula is C10H5Cl5O. The third-order valence-electron chi connectivity index (χ3n) is 2.54. The Labute approximate surface area is 118 Å². The van der Waals surface area contributed by atoms with Crippen LogP contribution in [0.2, 0.25) is 10.0 Å². The molecule has 86 valence electrons. The van der Waals surface area contributed by atoms with Crippen LogP contribution in [0.1, 0.15) is 11.5 Å². The van der Waals surface area contributed by atoms with E-state index in [2.05, 4.69) is 0 Å². The average molecular weight is 318 g/mol. The van der Waals surface area contributed by atoms with Crippen molar-refractivity contribution in [3.05, 3.63) is 33.8 Å². The summed E-state index contributed by atoms with van der Waals surface area (Å²) in [6, 6.07) is 4.95. The van der Waals surface area contributed by atoms with E-state index in [1.54, 1.807) is 18.2 Å². The topological polar surface area (TPSA) is 17.1 Å². The number of alkyl halides is 2. The molecule has 0 unspecified atom stereocenters. The van der Waals surface area contributed by atoms with E-state index in [4.69, 9.17) is 58.0 Å². The Morgan fingerprint density at radius 1 is 1.12 bits per heavy atom. The highest BCUT2D eigenvalue weighted by Crippen LogP contribution is 2.65. The van der Waals surface area contributed by atoms with Crippen molar-refractivity contribution in [1.29, 1.82) is 0 Å². The van der Waals surface area contributed by atoms with Crippen molar-refractivity contribution >= 4 is 63.2 Å². The Kier molecular flexibility index (Phi) is 3.37. The van der Waals surface area contributed by atoms with Crippen molar-refractivity contribution in [2.24, 2.45) is 5.92 Å². The maximum absolute atomic E-state index is 11.1. The predicted molar refractivity (Wildman–Crippen MR) is 68.0 cm³/mol. The molecule has 2 atom stereocenters. The maximum atomic E-state index is 11.1. The fraction of sp³-hybridized carbons (Fsp3) is 0.300. The van der Waals surface area contributed by atoms with E-state index in [-0.39, 0.29) is 5.92 Å². The van der Waals surface area contributed by atoms with Gasteiger partial charge in [-0.25, -0.2) is 0 Å². The molecule has 0 aliphatic heterocycles. The van der Waals surface area contributed by atoms with Crippen molar-refractivity contribution in [3.63, 3.8) is 0 Å². The SMILES string of the molecule is O=C(Cl)[C@H]1[C@H](c2cc(Cl)cc(Cl)c2)C1(Cl)Cl. The molecule has 0 radical (unpaired) electrons. The number of rotatable bonds is 2. The second-order valence-corrected chi connectivity index (χ2v) is 6.33. The molecule has 0 heterocycles. The highest BCUT2D eigenvalue weighted by Gasteiger charge is 2.67. The second-order valence-electron chi connectivity index (χ2n) is 3.64. The van der Waals surface area contributed by atoms with Gasteiger partial charge in [0.05, 0.1) is 5.92 Å². The standard InChI is InChI=1S/C10H5Cl5O/c11-5-1-4(2-6(12)3-5)7-8(9(13)16)10(7,14)15/h1-3,7-8H/t7-,8+/m0/s1. The highest BCUT2D eigenvalue weighted by molar-refractivity contribution is 6.68. The summed E-state index contributed by atoms with van der Waals surface area (Å²) < 4.78 is -1.16.